The van der Waals surface area contributed by atoms with Crippen molar-refractivity contribution < 1.29 is 14.1 Å². The Morgan fingerprint density at radius 2 is 2.12 bits per heavy atom. The number of thioether (sulfide) groups is 1. The molecule has 86 valence electrons. The van der Waals surface area contributed by atoms with Crippen LogP contribution < -0.4 is 0 Å². The first-order valence-electron chi connectivity index (χ1n) is 4.25. The van der Waals surface area contributed by atoms with Crippen LogP contribution in [0.4, 0.5) is 14.9 Å². The third-order valence-electron chi connectivity index (χ3n) is 1.68. The van der Waals surface area contributed by atoms with Crippen molar-refractivity contribution in [1.82, 2.24) is 4.90 Å². The Morgan fingerprint density at radius 3 is 2.62 bits per heavy atom. The maximum absolute atomic E-state index is 12.8. The number of hydrogen-bond donors (Lipinski definition) is 0. The largest absolute Gasteiger partial charge is 0.339 e. The van der Waals surface area contributed by atoms with Crippen LogP contribution in [-0.4, -0.2) is 29.2 Å². The highest BCUT2D eigenvalue weighted by Crippen LogP contribution is 2.30. The molecule has 0 saturated carbocycles. The minimum Gasteiger partial charge on any atom is -0.339 e. The van der Waals surface area contributed by atoms with Gasteiger partial charge in [0.15, 0.2) is 0 Å². The van der Waals surface area contributed by atoms with Crippen LogP contribution in [0.3, 0.4) is 0 Å². The number of nitro groups is 1. The Hall–Kier alpha value is -1.63. The molecule has 0 radical (unpaired) electrons. The minimum absolute atomic E-state index is 0.130. The maximum Gasteiger partial charge on any atom is 0.286 e. The fraction of sp³-hybridized carbons (Fsp3) is 0.222. The minimum atomic E-state index is -0.714. The van der Waals surface area contributed by atoms with E-state index in [0.717, 1.165) is 12.1 Å². The quantitative estimate of drug-likeness (QED) is 0.455. The molecule has 5 nitrogen and oxygen atoms in total. The van der Waals surface area contributed by atoms with E-state index in [4.69, 9.17) is 0 Å². The molecule has 0 aliphatic carbocycles. The summed E-state index contributed by atoms with van der Waals surface area (Å²) in [6.45, 7) is 0. The molecule has 1 aromatic rings. The van der Waals surface area contributed by atoms with E-state index in [1.165, 1.54) is 25.1 Å². The molecule has 0 aliphatic rings. The van der Waals surface area contributed by atoms with Crippen molar-refractivity contribution in [3.05, 3.63) is 34.1 Å². The molecule has 16 heavy (non-hydrogen) atoms. The van der Waals surface area contributed by atoms with Gasteiger partial charge in [-0.1, -0.05) is 0 Å². The van der Waals surface area contributed by atoms with Crippen LogP contribution in [0, 0.1) is 15.9 Å². The summed E-state index contributed by atoms with van der Waals surface area (Å²) < 4.78 is 12.8. The highest BCUT2D eigenvalue weighted by atomic mass is 32.2. The van der Waals surface area contributed by atoms with Gasteiger partial charge in [0.25, 0.3) is 10.9 Å². The van der Waals surface area contributed by atoms with Gasteiger partial charge in [0.05, 0.1) is 15.9 Å². The van der Waals surface area contributed by atoms with Crippen LogP contribution in [0.5, 0.6) is 0 Å². The van der Waals surface area contributed by atoms with Gasteiger partial charge < -0.3 is 4.90 Å². The van der Waals surface area contributed by atoms with Gasteiger partial charge in [-0.3, -0.25) is 14.9 Å². The van der Waals surface area contributed by atoms with Crippen LogP contribution in [0.2, 0.25) is 0 Å². The van der Waals surface area contributed by atoms with Crippen LogP contribution in [-0.2, 0) is 0 Å². The fourth-order valence-corrected chi connectivity index (χ4v) is 1.65. The lowest BCUT2D eigenvalue weighted by molar-refractivity contribution is -0.387. The van der Waals surface area contributed by atoms with Gasteiger partial charge in [-0.05, 0) is 23.9 Å². The molecular formula is C9H9FN2O3S. The average molecular weight is 244 g/mol. The molecule has 0 saturated heterocycles. The molecule has 0 atom stereocenters. The molecule has 0 aromatic heterocycles. The van der Waals surface area contributed by atoms with Crippen LogP contribution >= 0.6 is 11.8 Å². The van der Waals surface area contributed by atoms with E-state index < -0.39 is 16.4 Å². The van der Waals surface area contributed by atoms with Gasteiger partial charge in [0.1, 0.15) is 5.82 Å². The Balaban J connectivity index is 3.04. The number of halogens is 1. The third kappa shape index (κ3) is 2.93. The summed E-state index contributed by atoms with van der Waals surface area (Å²) in [4.78, 5) is 22.7. The predicted molar refractivity (Wildman–Crippen MR) is 58.0 cm³/mol. The standard InChI is InChI=1S/C9H9FN2O3S/c1-11(2)9(13)16-8-4-3-6(10)5-7(8)12(14)15/h3-5H,1-2H3. The molecule has 0 bridgehead atoms. The second-order valence-corrected chi connectivity index (χ2v) is 4.12. The van der Waals surface area contributed by atoms with Crippen molar-refractivity contribution in [3.8, 4) is 0 Å². The van der Waals surface area contributed by atoms with E-state index in [0.29, 0.717) is 11.8 Å². The second kappa shape index (κ2) is 4.93. The summed E-state index contributed by atoms with van der Waals surface area (Å²) in [7, 11) is 3.06. The summed E-state index contributed by atoms with van der Waals surface area (Å²) in [6.07, 6.45) is 0. The number of carbonyl (C=O) groups excluding carboxylic acids is 1. The number of rotatable bonds is 2. The smallest absolute Gasteiger partial charge is 0.286 e. The Kier molecular flexibility index (Phi) is 3.83. The highest BCUT2D eigenvalue weighted by molar-refractivity contribution is 8.13. The van der Waals surface area contributed by atoms with Crippen LogP contribution in [0.1, 0.15) is 0 Å². The Bertz CT molecular complexity index is 437. The third-order valence-corrected chi connectivity index (χ3v) is 2.79. The average Bonchev–Trinajstić information content (AvgIpc) is 2.20. The fourth-order valence-electron chi connectivity index (χ4n) is 0.905. The van der Waals surface area contributed by atoms with Crippen molar-refractivity contribution >= 4 is 22.7 Å². The number of nitrogens with zero attached hydrogens (tertiary/aromatic N) is 2. The lowest BCUT2D eigenvalue weighted by atomic mass is 10.3. The molecule has 0 spiro atoms. The van der Waals surface area contributed by atoms with Gasteiger partial charge in [-0.2, -0.15) is 0 Å². The SMILES string of the molecule is CN(C)C(=O)Sc1ccc(F)cc1[N+](=O)[O-]. The summed E-state index contributed by atoms with van der Waals surface area (Å²) in [5, 5.41) is 10.3. The Labute approximate surface area is 95.4 Å². The van der Waals surface area contributed by atoms with Gasteiger partial charge in [0.2, 0.25) is 0 Å². The van der Waals surface area contributed by atoms with E-state index in [9.17, 15) is 19.3 Å². The first kappa shape index (κ1) is 12.4. The summed E-state index contributed by atoms with van der Waals surface area (Å²) >= 11 is 0.694. The molecule has 1 aromatic carbocycles. The normalized spacial score (nSPS) is 9.94. The zero-order valence-electron chi connectivity index (χ0n) is 8.64. The lowest BCUT2D eigenvalue weighted by Crippen LogP contribution is -2.16. The number of benzene rings is 1. The van der Waals surface area contributed by atoms with Crippen molar-refractivity contribution in [2.45, 2.75) is 4.90 Å². The zero-order chi connectivity index (χ0) is 12.3. The molecular weight excluding hydrogens is 235 g/mol. The molecule has 0 heterocycles. The predicted octanol–water partition coefficient (Wildman–Crippen LogP) is 2.51. The number of nitro benzene ring substituents is 1. The van der Waals surface area contributed by atoms with Gasteiger partial charge in [-0.15, -0.1) is 0 Å². The number of hydrogen-bond acceptors (Lipinski definition) is 4. The summed E-state index contributed by atoms with van der Waals surface area (Å²) in [5.41, 5.74) is -0.403. The molecule has 0 unspecified atom stereocenters. The molecule has 0 aliphatic heterocycles. The lowest BCUT2D eigenvalue weighted by Gasteiger charge is -2.08. The summed E-state index contributed by atoms with van der Waals surface area (Å²) in [5.74, 6) is -0.701. The van der Waals surface area contributed by atoms with Crippen molar-refractivity contribution in [1.29, 1.82) is 0 Å². The van der Waals surface area contributed by atoms with Gasteiger partial charge in [-0.25, -0.2) is 4.39 Å². The van der Waals surface area contributed by atoms with E-state index in [1.807, 2.05) is 0 Å². The molecule has 7 heteroatoms. The van der Waals surface area contributed by atoms with Gasteiger partial charge >= 0.3 is 0 Å². The van der Waals surface area contributed by atoms with E-state index >= 15 is 0 Å². The van der Waals surface area contributed by atoms with Crippen molar-refractivity contribution in [3.63, 3.8) is 0 Å². The molecule has 1 rings (SSSR count). The molecule has 0 fully saturated rings. The first-order chi connectivity index (χ1) is 7.41. The first-order valence-corrected chi connectivity index (χ1v) is 5.06. The molecule has 0 N–H and O–H groups in total. The van der Waals surface area contributed by atoms with Crippen molar-refractivity contribution in [2.75, 3.05) is 14.1 Å². The number of carbonyl (C=O) groups is 1. The van der Waals surface area contributed by atoms with E-state index in [-0.39, 0.29) is 10.1 Å². The van der Waals surface area contributed by atoms with Gasteiger partial charge in [0, 0.05) is 14.1 Å². The topological polar surface area (TPSA) is 63.5 Å². The van der Waals surface area contributed by atoms with Crippen molar-refractivity contribution in [2.24, 2.45) is 0 Å². The van der Waals surface area contributed by atoms with E-state index in [2.05, 4.69) is 0 Å². The zero-order valence-corrected chi connectivity index (χ0v) is 9.45. The second-order valence-electron chi connectivity index (χ2n) is 3.13. The number of amides is 1. The highest BCUT2D eigenvalue weighted by Gasteiger charge is 2.18. The Morgan fingerprint density at radius 1 is 1.50 bits per heavy atom. The van der Waals surface area contributed by atoms with Crippen LogP contribution in [0.15, 0.2) is 23.1 Å². The van der Waals surface area contributed by atoms with E-state index in [1.54, 1.807) is 0 Å². The van der Waals surface area contributed by atoms with Crippen LogP contribution in [0.25, 0.3) is 0 Å². The molecule has 1 amide bonds. The summed E-state index contributed by atoms with van der Waals surface area (Å²) in [6, 6.07) is 3.10. The maximum atomic E-state index is 12.8. The monoisotopic (exact) mass is 244 g/mol.